The predicted octanol–water partition coefficient (Wildman–Crippen LogP) is 14.4. The minimum atomic E-state index is -0.0280. The highest BCUT2D eigenvalue weighted by atomic mass is 15.2. The zero-order valence-electron chi connectivity index (χ0n) is 38.4. The highest BCUT2D eigenvalue weighted by Gasteiger charge is 2.43. The molecule has 0 fully saturated rings. The summed E-state index contributed by atoms with van der Waals surface area (Å²) in [5.74, 6) is 0. The van der Waals surface area contributed by atoms with Crippen molar-refractivity contribution in [3.63, 3.8) is 0 Å². The van der Waals surface area contributed by atoms with Crippen molar-refractivity contribution < 1.29 is 0 Å². The summed E-state index contributed by atoms with van der Waals surface area (Å²) in [4.78, 5) is 2.57. The van der Waals surface area contributed by atoms with Crippen molar-refractivity contribution in [2.75, 3.05) is 4.90 Å². The van der Waals surface area contributed by atoms with Crippen LogP contribution in [-0.4, -0.2) is 15.8 Å². The summed E-state index contributed by atoms with van der Waals surface area (Å²) in [6, 6.07) is 73.4. The largest absolute Gasteiger partial charge is 0.311 e. The van der Waals surface area contributed by atoms with E-state index < -0.39 is 0 Å². The van der Waals surface area contributed by atoms with Gasteiger partial charge in [0.05, 0.1) is 22.2 Å². The number of hydrogen-bond acceptors (Lipinski definition) is 1. The van der Waals surface area contributed by atoms with Crippen LogP contribution in [0.3, 0.4) is 0 Å². The molecule has 0 bridgehead atoms. The van der Waals surface area contributed by atoms with Gasteiger partial charge in [-0.1, -0.05) is 187 Å². The molecule has 0 N–H and O–H groups in total. The van der Waals surface area contributed by atoms with Gasteiger partial charge >= 0.3 is 0 Å². The van der Waals surface area contributed by atoms with Gasteiger partial charge in [0.25, 0.3) is 6.71 Å². The van der Waals surface area contributed by atoms with Gasteiger partial charge in [0.1, 0.15) is 0 Å². The van der Waals surface area contributed by atoms with Crippen molar-refractivity contribution >= 4 is 83.8 Å². The molecule has 11 aromatic rings. The summed E-state index contributed by atoms with van der Waals surface area (Å²) in [5.41, 5.74) is 22.4. The molecule has 0 unspecified atom stereocenters. The average Bonchev–Trinajstić information content (AvgIpc) is 3.85. The number of benzene rings is 9. The second-order valence-electron chi connectivity index (χ2n) is 20.6. The van der Waals surface area contributed by atoms with Crippen LogP contribution in [0.4, 0.5) is 17.1 Å². The van der Waals surface area contributed by atoms with Crippen LogP contribution in [0.25, 0.3) is 77.2 Å². The Morgan fingerprint density at radius 1 is 0.348 bits per heavy atom. The molecule has 0 saturated carbocycles. The first kappa shape index (κ1) is 38.9. The third kappa shape index (κ3) is 5.70. The van der Waals surface area contributed by atoms with Crippen LogP contribution in [0, 0.1) is 0 Å². The maximum absolute atomic E-state index is 2.62. The monoisotopic (exact) mass is 847 g/mol. The van der Waals surface area contributed by atoms with E-state index in [9.17, 15) is 0 Å². The zero-order chi connectivity index (χ0) is 44.6. The van der Waals surface area contributed by atoms with Gasteiger partial charge in [-0.25, -0.2) is 0 Å². The van der Waals surface area contributed by atoms with Crippen molar-refractivity contribution in [3.05, 3.63) is 205 Å². The molecule has 0 saturated heterocycles. The third-order valence-corrected chi connectivity index (χ3v) is 14.6. The fourth-order valence-electron chi connectivity index (χ4n) is 11.3. The van der Waals surface area contributed by atoms with Gasteiger partial charge in [0, 0.05) is 49.8 Å². The van der Waals surface area contributed by atoms with Crippen molar-refractivity contribution in [1.29, 1.82) is 0 Å². The first-order valence-corrected chi connectivity index (χ1v) is 23.5. The Morgan fingerprint density at radius 3 is 1.58 bits per heavy atom. The number of nitrogens with zero attached hydrogens (tertiary/aromatic N) is 3. The van der Waals surface area contributed by atoms with Gasteiger partial charge in [-0.2, -0.15) is 0 Å². The van der Waals surface area contributed by atoms with E-state index in [0.29, 0.717) is 0 Å². The summed E-state index contributed by atoms with van der Waals surface area (Å²) in [7, 11) is 0. The number of para-hydroxylation sites is 2. The smallest absolute Gasteiger partial charge is 0.252 e. The first-order chi connectivity index (χ1) is 32.0. The van der Waals surface area contributed by atoms with Crippen molar-refractivity contribution in [2.45, 2.75) is 52.4 Å². The minimum Gasteiger partial charge on any atom is -0.311 e. The summed E-state index contributed by atoms with van der Waals surface area (Å²) in [5, 5.41) is 5.05. The van der Waals surface area contributed by atoms with E-state index in [1.807, 2.05) is 0 Å². The van der Waals surface area contributed by atoms with Gasteiger partial charge < -0.3 is 14.0 Å². The Kier molecular flexibility index (Phi) is 8.23. The zero-order valence-corrected chi connectivity index (χ0v) is 38.4. The third-order valence-electron chi connectivity index (χ3n) is 14.6. The second kappa shape index (κ2) is 14.0. The summed E-state index contributed by atoms with van der Waals surface area (Å²) in [6.07, 6.45) is 0. The van der Waals surface area contributed by atoms with Gasteiger partial charge in [0.2, 0.25) is 0 Å². The van der Waals surface area contributed by atoms with E-state index in [1.165, 1.54) is 110 Å². The molecule has 0 amide bonds. The Labute approximate surface area is 387 Å². The van der Waals surface area contributed by atoms with E-state index in [-0.39, 0.29) is 17.5 Å². The van der Waals surface area contributed by atoms with Crippen molar-refractivity contribution in [1.82, 2.24) is 9.13 Å². The van der Waals surface area contributed by atoms with E-state index in [1.54, 1.807) is 0 Å². The molecule has 4 heterocycles. The molecule has 4 heteroatoms. The topological polar surface area (TPSA) is 13.1 Å². The van der Waals surface area contributed by atoms with Crippen molar-refractivity contribution in [3.8, 4) is 33.6 Å². The second-order valence-corrected chi connectivity index (χ2v) is 20.6. The maximum atomic E-state index is 2.62. The average molecular weight is 848 g/mol. The standard InChI is InChI=1S/C62H50BN3/c1-61(2,3)43-26-29-45(30-27-43)64-54-33-28-44(62(4,5)6)36-52(54)63-51-22-15-21-50-49-32-25-42(40-18-11-8-12-19-40)35-56(49)66(60(50)51)58-38-46(37-57(64)59(58)63)65-53-23-14-13-20-47(53)48-31-24-41(34-55(48)65)39-16-9-7-10-17-39/h7-38H,1-6H3. The molecular weight excluding hydrogens is 798 g/mol. The van der Waals surface area contributed by atoms with Crippen LogP contribution < -0.4 is 21.3 Å². The highest BCUT2D eigenvalue weighted by Crippen LogP contribution is 2.45. The molecule has 2 aliphatic rings. The Balaban J connectivity index is 1.19. The maximum Gasteiger partial charge on any atom is 0.252 e. The minimum absolute atomic E-state index is 0.0170. The molecule has 66 heavy (non-hydrogen) atoms. The number of rotatable bonds is 4. The van der Waals surface area contributed by atoms with Crippen molar-refractivity contribution in [2.24, 2.45) is 0 Å². The molecule has 0 atom stereocenters. The summed E-state index contributed by atoms with van der Waals surface area (Å²) < 4.78 is 5.15. The van der Waals surface area contributed by atoms with E-state index in [4.69, 9.17) is 0 Å². The van der Waals surface area contributed by atoms with Gasteiger partial charge in [-0.3, -0.25) is 0 Å². The molecule has 2 aliphatic heterocycles. The van der Waals surface area contributed by atoms with Crippen LogP contribution in [-0.2, 0) is 10.8 Å². The predicted molar refractivity (Wildman–Crippen MR) is 283 cm³/mol. The highest BCUT2D eigenvalue weighted by molar-refractivity contribution is 7.00. The van der Waals surface area contributed by atoms with Crippen LogP contribution in [0.15, 0.2) is 194 Å². The molecular formula is C62H50BN3. The molecule has 9 aromatic carbocycles. The lowest BCUT2D eigenvalue weighted by Gasteiger charge is -2.41. The van der Waals surface area contributed by atoms with Gasteiger partial charge in [-0.15, -0.1) is 0 Å². The normalized spacial score (nSPS) is 13.2. The van der Waals surface area contributed by atoms with Crippen LogP contribution in [0.1, 0.15) is 52.7 Å². The Bertz CT molecular complexity index is 3770. The number of fused-ring (bicyclic) bond motifs is 10. The van der Waals surface area contributed by atoms with Crippen LogP contribution in [0.2, 0.25) is 0 Å². The van der Waals surface area contributed by atoms with Gasteiger partial charge in [0.15, 0.2) is 0 Å². The fourth-order valence-corrected chi connectivity index (χ4v) is 11.3. The SMILES string of the molecule is CC(C)(C)c1ccc(N2c3ccc(C(C)(C)C)cc3B3c4c2cc(-n2c5ccccc5c5ccc(-c6ccccc6)cc52)cc4-n2c4cc(-c5ccccc5)ccc4c4cccc3c42)cc1. The summed E-state index contributed by atoms with van der Waals surface area (Å²) >= 11 is 0. The Morgan fingerprint density at radius 2 is 0.909 bits per heavy atom. The van der Waals surface area contributed by atoms with E-state index in [0.717, 1.165) is 11.4 Å². The molecule has 316 valence electrons. The van der Waals surface area contributed by atoms with E-state index >= 15 is 0 Å². The molecule has 0 radical (unpaired) electrons. The Hall–Kier alpha value is -7.56. The molecule has 3 nitrogen and oxygen atoms in total. The van der Waals surface area contributed by atoms with E-state index in [2.05, 4.69) is 250 Å². The lowest BCUT2D eigenvalue weighted by molar-refractivity contribution is 0.590. The molecule has 2 aromatic heterocycles. The molecule has 0 spiro atoms. The number of anilines is 3. The first-order valence-electron chi connectivity index (χ1n) is 23.5. The number of hydrogen-bond donors (Lipinski definition) is 0. The fraction of sp³-hybridized carbons (Fsp3) is 0.129. The number of aromatic nitrogens is 2. The summed E-state index contributed by atoms with van der Waals surface area (Å²) in [6.45, 7) is 13.9. The van der Waals surface area contributed by atoms with Crippen LogP contribution >= 0.6 is 0 Å². The van der Waals surface area contributed by atoms with Crippen LogP contribution in [0.5, 0.6) is 0 Å². The quantitative estimate of drug-likeness (QED) is 0.161. The lowest BCUT2D eigenvalue weighted by Crippen LogP contribution is -2.60. The lowest BCUT2D eigenvalue weighted by atomic mass is 9.33. The molecule has 13 rings (SSSR count). The molecule has 0 aliphatic carbocycles. The van der Waals surface area contributed by atoms with Gasteiger partial charge in [-0.05, 0) is 109 Å².